The predicted molar refractivity (Wildman–Crippen MR) is 469 cm³/mol. The predicted octanol–water partition coefficient (Wildman–Crippen LogP) is 15.9. The molecule has 5 aliphatic heterocycles. The van der Waals surface area contributed by atoms with Crippen molar-refractivity contribution in [3.63, 3.8) is 0 Å². The standard InChI is InChI=1S/2C22H21N4.2C19H21N4.C18H19N4/c2*1-13-9-20(25(4)12-23-13)16-10-21-17(15(3)14(16)2)11-22-24-18-7-5-6-8-19(18)26(21)22;2*1-11-6-17(22(5)10-20-11)15-7-18-16(14(4)13(15)3)8-19-21-12(2)9-23(18)19;1-11-7-16(21(4)10-20-11)14-8-17-15(13(3)12(14)2)9-18-19-5-6-22(17)18/h2*5-10,12H,11H2,1-4H3;2*6-7,9-10H,8H2,1-5H3;5-8,10H,9H2,1-4H3/q5*+1/i3D3;;4D3;;3D3. The van der Waals surface area contributed by atoms with Crippen LogP contribution in [-0.2, 0) is 67.3 Å². The van der Waals surface area contributed by atoms with Crippen molar-refractivity contribution in [2.24, 2.45) is 35.2 Å². The fourth-order valence-corrected chi connectivity index (χ4v) is 18.1. The van der Waals surface area contributed by atoms with Gasteiger partial charge in [-0.2, -0.15) is 0 Å². The summed E-state index contributed by atoms with van der Waals surface area (Å²) in [5.41, 5.74) is 41.3. The fourth-order valence-electron chi connectivity index (χ4n) is 18.1. The number of rotatable bonds is 5. The van der Waals surface area contributed by atoms with Crippen molar-refractivity contribution < 1.29 is 35.2 Å². The van der Waals surface area contributed by atoms with Gasteiger partial charge >= 0.3 is 0 Å². The van der Waals surface area contributed by atoms with Crippen LogP contribution in [0.3, 0.4) is 0 Å². The molecule has 10 aromatic heterocycles. The smallest absolute Gasteiger partial charge is 0.286 e. The summed E-state index contributed by atoms with van der Waals surface area (Å²) in [5.74, 6) is 4.95. The lowest BCUT2D eigenvalue weighted by Gasteiger charge is -2.15. The molecule has 17 aromatic rings. The maximum Gasteiger partial charge on any atom is 0.286 e. The minimum absolute atomic E-state index is 0.439. The van der Waals surface area contributed by atoms with Crippen LogP contribution < -0.4 is 22.8 Å². The van der Waals surface area contributed by atoms with Gasteiger partial charge in [0.25, 0.3) is 31.6 Å². The Balaban J connectivity index is 0.000000109. The Bertz CT molecular complexity index is 7560. The summed E-state index contributed by atoms with van der Waals surface area (Å²) < 4.78 is 94.0. The van der Waals surface area contributed by atoms with Crippen molar-refractivity contribution in [3.05, 3.63) is 318 Å². The quantitative estimate of drug-likeness (QED) is 0.151. The maximum atomic E-state index is 8.24. The third-order valence-electron chi connectivity index (χ3n) is 24.9. The molecule has 0 aliphatic carbocycles. The second-order valence-electron chi connectivity index (χ2n) is 32.9. The van der Waals surface area contributed by atoms with Crippen LogP contribution in [0.15, 0.2) is 166 Å². The van der Waals surface area contributed by atoms with Gasteiger partial charge in [-0.3, -0.25) is 9.13 Å². The zero-order chi connectivity index (χ0) is 91.5. The van der Waals surface area contributed by atoms with Crippen molar-refractivity contribution in [1.82, 2.24) is 72.7 Å². The molecule has 0 N–H and O–H groups in total. The summed E-state index contributed by atoms with van der Waals surface area (Å²) in [7, 11) is 9.89. The summed E-state index contributed by atoms with van der Waals surface area (Å²) in [6, 6.07) is 37.6. The molecule has 120 heavy (non-hydrogen) atoms. The topological polar surface area (TPSA) is 173 Å². The van der Waals surface area contributed by atoms with Crippen LogP contribution in [0.4, 0.5) is 0 Å². The molecule has 598 valence electrons. The Morgan fingerprint density at radius 2 is 0.567 bits per heavy atom. The lowest BCUT2D eigenvalue weighted by molar-refractivity contribution is -0.663. The van der Waals surface area contributed by atoms with Gasteiger partial charge < -0.3 is 13.7 Å². The van der Waals surface area contributed by atoms with E-state index in [4.69, 9.17) is 22.3 Å². The first kappa shape index (κ1) is 67.5. The van der Waals surface area contributed by atoms with Crippen molar-refractivity contribution >= 4 is 22.1 Å². The third-order valence-corrected chi connectivity index (χ3v) is 24.9. The molecule has 0 radical (unpaired) electrons. The zero-order valence-electron chi connectivity index (χ0n) is 80.6. The van der Waals surface area contributed by atoms with Crippen molar-refractivity contribution in [2.75, 3.05) is 0 Å². The highest BCUT2D eigenvalue weighted by Crippen LogP contribution is 2.44. The average Bonchev–Trinajstić information content (AvgIpc) is 1.56. The minimum Gasteiger partial charge on any atom is -0.303 e. The maximum absolute atomic E-state index is 8.24. The molecule has 0 fully saturated rings. The van der Waals surface area contributed by atoms with Gasteiger partial charge in [0.1, 0.15) is 57.6 Å². The van der Waals surface area contributed by atoms with Crippen LogP contribution in [0, 0.1) is 117 Å². The fraction of sp³-hybridized carbons (Fsp3) is 0.270. The van der Waals surface area contributed by atoms with E-state index in [2.05, 4.69) is 184 Å². The van der Waals surface area contributed by atoms with E-state index in [1.54, 1.807) is 25.2 Å². The highest BCUT2D eigenvalue weighted by molar-refractivity contribution is 5.84. The Morgan fingerprint density at radius 1 is 0.283 bits per heavy atom. The summed E-state index contributed by atoms with van der Waals surface area (Å²) in [4.78, 5) is 44.9. The van der Waals surface area contributed by atoms with Gasteiger partial charge in [0.15, 0.2) is 28.5 Å². The summed E-state index contributed by atoms with van der Waals surface area (Å²) >= 11 is 0. The SMILES string of the molecule is Cc1cc(-c2cc3c(c(C)c2C)Cc2nc(C)cn2-3)[n+](C)cn1.Cc1cc(-c2cc3c(c(C)c2C)Cc2nc4ccccc4n2-3)[n+](C)cn1.[2H]C([2H])([2H])c1c(C)c(-c2cc(C)nc[n+]2C)cc2c1Cc1nc(C)cn1-2.[2H]C([2H])([2H])c1c(C)c(-c2cc(C)nc[n+]2C)cc2c1Cc1nc3ccccc3n1-2.[2H]C([2H])([2H])c1c(C)c(-c2cc(C)nc[n+]2C)cc2c1Cc1nccn1-2. The molecule has 0 saturated carbocycles. The van der Waals surface area contributed by atoms with E-state index >= 15 is 0 Å². The molecular formula is C100H103N20+5. The first-order chi connectivity index (χ1) is 61.2. The van der Waals surface area contributed by atoms with E-state index in [1.807, 2.05) is 174 Å². The van der Waals surface area contributed by atoms with Crippen LogP contribution in [0.5, 0.6) is 0 Å². The molecule has 22 rings (SSSR count). The highest BCUT2D eigenvalue weighted by atomic mass is 15.1. The zero-order valence-corrected chi connectivity index (χ0v) is 71.6. The Kier molecular flexibility index (Phi) is 16.8. The first-order valence-corrected chi connectivity index (χ1v) is 40.7. The van der Waals surface area contributed by atoms with Crippen molar-refractivity contribution in [1.29, 1.82) is 0 Å². The summed E-state index contributed by atoms with van der Waals surface area (Å²) in [5, 5.41) is 0. The van der Waals surface area contributed by atoms with Crippen molar-refractivity contribution in [3.8, 4) is 84.7 Å². The third kappa shape index (κ3) is 13.2. The number of nitrogens with zero attached hydrogens (tertiary/aromatic N) is 20. The van der Waals surface area contributed by atoms with E-state index in [9.17, 15) is 0 Å². The largest absolute Gasteiger partial charge is 0.303 e. The van der Waals surface area contributed by atoms with Crippen LogP contribution in [0.1, 0.15) is 165 Å². The molecule has 0 saturated heterocycles. The summed E-state index contributed by atoms with van der Waals surface area (Å²) in [6.07, 6.45) is 20.3. The van der Waals surface area contributed by atoms with E-state index in [-0.39, 0.29) is 0 Å². The number of aryl methyl sites for hydroxylation is 12. The molecule has 0 bridgehead atoms. The van der Waals surface area contributed by atoms with Gasteiger partial charge in [0, 0.05) is 162 Å². The molecule has 0 unspecified atom stereocenters. The molecule has 20 heteroatoms. The number of imidazole rings is 5. The Morgan fingerprint density at radius 3 is 0.917 bits per heavy atom. The van der Waals surface area contributed by atoms with Gasteiger partial charge in [0.05, 0.1) is 97.1 Å². The number of para-hydroxylation sites is 4. The van der Waals surface area contributed by atoms with Gasteiger partial charge in [-0.15, -0.1) is 0 Å². The number of benzene rings is 7. The monoisotopic (exact) mass is 1590 g/mol. The van der Waals surface area contributed by atoms with E-state index < -0.39 is 20.6 Å². The second kappa shape index (κ2) is 29.8. The van der Waals surface area contributed by atoms with E-state index in [0.29, 0.717) is 36.0 Å². The first-order valence-electron chi connectivity index (χ1n) is 45.2. The van der Waals surface area contributed by atoms with Gasteiger partial charge in [-0.05, 0) is 221 Å². The lowest BCUT2D eigenvalue weighted by Crippen LogP contribution is -2.31. The van der Waals surface area contributed by atoms with Crippen LogP contribution >= 0.6 is 0 Å². The van der Waals surface area contributed by atoms with E-state index in [0.717, 1.165) is 183 Å². The molecule has 0 atom stereocenters. The number of hydrogen-bond acceptors (Lipinski definition) is 10. The Hall–Kier alpha value is -13.5. The highest BCUT2D eigenvalue weighted by Gasteiger charge is 2.33. The van der Waals surface area contributed by atoms with Gasteiger partial charge in [0.2, 0.25) is 0 Å². The summed E-state index contributed by atoms with van der Waals surface area (Å²) in [6.45, 7) is 22.0. The van der Waals surface area contributed by atoms with Gasteiger partial charge in [-0.1, -0.05) is 49.2 Å². The normalized spacial score (nSPS) is 13.8. The van der Waals surface area contributed by atoms with Gasteiger partial charge in [-0.25, -0.2) is 47.8 Å². The van der Waals surface area contributed by atoms with Crippen LogP contribution in [0.2, 0.25) is 0 Å². The average molecular weight is 1590 g/mol. The number of fused-ring (bicyclic) bond motifs is 19. The van der Waals surface area contributed by atoms with Crippen molar-refractivity contribution in [2.45, 2.75) is 150 Å². The molecule has 7 aromatic carbocycles. The lowest BCUT2D eigenvalue weighted by atomic mass is 9.93. The minimum atomic E-state index is -2.20. The molecule has 15 heterocycles. The van der Waals surface area contributed by atoms with Crippen LogP contribution in [0.25, 0.3) is 107 Å². The Labute approximate surface area is 714 Å². The molecule has 5 aliphatic rings. The molecule has 0 amide bonds. The van der Waals surface area contributed by atoms with E-state index in [1.165, 1.54) is 72.8 Å². The molecular weight excluding hydrogens is 1480 g/mol. The number of aromatic nitrogens is 20. The molecule has 20 nitrogen and oxygen atoms in total. The number of hydrogen-bond donors (Lipinski definition) is 0. The molecule has 0 spiro atoms. The second-order valence-corrected chi connectivity index (χ2v) is 32.9. The van der Waals surface area contributed by atoms with Crippen LogP contribution in [-0.4, -0.2) is 72.7 Å².